The van der Waals surface area contributed by atoms with Gasteiger partial charge in [0.05, 0.1) is 0 Å². The highest BCUT2D eigenvalue weighted by Crippen LogP contribution is 2.38. The summed E-state index contributed by atoms with van der Waals surface area (Å²) < 4.78 is 10.9. The van der Waals surface area contributed by atoms with Gasteiger partial charge in [0.2, 0.25) is 11.7 Å². The van der Waals surface area contributed by atoms with E-state index in [0.29, 0.717) is 24.9 Å². The van der Waals surface area contributed by atoms with E-state index in [1.165, 1.54) is 0 Å². The van der Waals surface area contributed by atoms with Crippen LogP contribution in [0.3, 0.4) is 0 Å². The largest absolute Gasteiger partial charge is 0.485 e. The van der Waals surface area contributed by atoms with Crippen molar-refractivity contribution in [2.24, 2.45) is 5.73 Å². The van der Waals surface area contributed by atoms with Gasteiger partial charge >= 0.3 is 0 Å². The van der Waals surface area contributed by atoms with Crippen LogP contribution in [-0.2, 0) is 13.0 Å². The van der Waals surface area contributed by atoms with Crippen LogP contribution in [0.15, 0.2) is 28.8 Å². The van der Waals surface area contributed by atoms with Crippen molar-refractivity contribution in [3.8, 4) is 5.75 Å². The topological polar surface area (TPSA) is 74.2 Å². The van der Waals surface area contributed by atoms with Crippen molar-refractivity contribution >= 4 is 0 Å². The molecular formula is C14H17N3O2. The summed E-state index contributed by atoms with van der Waals surface area (Å²) in [5.74, 6) is 2.66. The summed E-state index contributed by atoms with van der Waals surface area (Å²) in [7, 11) is 0. The number of para-hydroxylation sites is 1. The Balaban J connectivity index is 1.64. The van der Waals surface area contributed by atoms with Crippen LogP contribution in [0.5, 0.6) is 5.75 Å². The minimum Gasteiger partial charge on any atom is -0.485 e. The zero-order valence-electron chi connectivity index (χ0n) is 10.7. The van der Waals surface area contributed by atoms with E-state index in [1.54, 1.807) is 0 Å². The quantitative estimate of drug-likeness (QED) is 0.859. The molecule has 0 amide bonds. The molecule has 0 saturated heterocycles. The van der Waals surface area contributed by atoms with Crippen LogP contribution in [0.1, 0.15) is 36.0 Å². The molecule has 1 fully saturated rings. The lowest BCUT2D eigenvalue weighted by Gasteiger charge is -2.08. The van der Waals surface area contributed by atoms with Crippen molar-refractivity contribution in [3.63, 3.8) is 0 Å². The first-order chi connectivity index (χ1) is 9.36. The summed E-state index contributed by atoms with van der Waals surface area (Å²) in [6.45, 7) is 0.937. The van der Waals surface area contributed by atoms with E-state index in [-0.39, 0.29) is 0 Å². The smallest absolute Gasteiger partial charge is 0.229 e. The maximum absolute atomic E-state index is 5.75. The van der Waals surface area contributed by atoms with Gasteiger partial charge in [0.1, 0.15) is 5.75 Å². The Kier molecular flexibility index (Phi) is 3.46. The van der Waals surface area contributed by atoms with E-state index in [2.05, 4.69) is 10.1 Å². The minimum atomic E-state index is 0.331. The Morgan fingerprint density at radius 1 is 1.32 bits per heavy atom. The molecule has 2 aromatic rings. The second-order valence-electron chi connectivity index (χ2n) is 4.76. The first-order valence-electron chi connectivity index (χ1n) is 6.60. The highest BCUT2D eigenvalue weighted by Gasteiger charge is 2.29. The zero-order chi connectivity index (χ0) is 13.1. The van der Waals surface area contributed by atoms with Crippen LogP contribution in [0, 0.1) is 0 Å². The van der Waals surface area contributed by atoms with E-state index < -0.39 is 0 Å². The number of hydrogen-bond acceptors (Lipinski definition) is 5. The van der Waals surface area contributed by atoms with Crippen molar-refractivity contribution in [3.05, 3.63) is 41.5 Å². The third kappa shape index (κ3) is 2.93. The molecule has 0 spiro atoms. The Labute approximate surface area is 111 Å². The molecule has 0 atom stereocenters. The molecule has 0 unspecified atom stereocenters. The highest BCUT2D eigenvalue weighted by atomic mass is 16.5. The average molecular weight is 259 g/mol. The molecule has 1 heterocycles. The van der Waals surface area contributed by atoms with E-state index in [1.807, 2.05) is 24.3 Å². The van der Waals surface area contributed by atoms with Gasteiger partial charge < -0.3 is 15.0 Å². The fraction of sp³-hybridized carbons (Fsp3) is 0.429. The third-order valence-corrected chi connectivity index (χ3v) is 3.15. The molecule has 5 heteroatoms. The number of aromatic nitrogens is 2. The van der Waals surface area contributed by atoms with E-state index in [4.69, 9.17) is 15.0 Å². The molecule has 3 rings (SSSR count). The number of nitrogens with zero attached hydrogens (tertiary/aromatic N) is 2. The van der Waals surface area contributed by atoms with Crippen LogP contribution in [-0.4, -0.2) is 16.7 Å². The maximum atomic E-state index is 5.75. The summed E-state index contributed by atoms with van der Waals surface area (Å²) in [4.78, 5) is 4.34. The fourth-order valence-electron chi connectivity index (χ4n) is 1.97. The number of hydrogen-bond donors (Lipinski definition) is 1. The van der Waals surface area contributed by atoms with Crippen LogP contribution < -0.4 is 10.5 Å². The van der Waals surface area contributed by atoms with E-state index >= 15 is 0 Å². The molecule has 19 heavy (non-hydrogen) atoms. The molecule has 1 aliphatic rings. The van der Waals surface area contributed by atoms with Gasteiger partial charge in [0.15, 0.2) is 6.61 Å². The predicted molar refractivity (Wildman–Crippen MR) is 69.8 cm³/mol. The molecule has 2 N–H and O–H groups in total. The fourth-order valence-corrected chi connectivity index (χ4v) is 1.97. The SMILES string of the molecule is NCCc1ccccc1OCc1noc(C2CC2)n1. The van der Waals surface area contributed by atoms with E-state index in [0.717, 1.165) is 36.5 Å². The number of rotatable bonds is 6. The highest BCUT2D eigenvalue weighted by molar-refractivity contribution is 5.33. The molecule has 1 aromatic heterocycles. The molecule has 100 valence electrons. The molecular weight excluding hydrogens is 242 g/mol. The Morgan fingerprint density at radius 2 is 2.16 bits per heavy atom. The molecule has 1 saturated carbocycles. The lowest BCUT2D eigenvalue weighted by Crippen LogP contribution is -2.05. The van der Waals surface area contributed by atoms with Gasteiger partial charge in [-0.1, -0.05) is 23.4 Å². The molecule has 0 bridgehead atoms. The molecule has 0 radical (unpaired) electrons. The first kappa shape index (κ1) is 12.2. The van der Waals surface area contributed by atoms with Crippen molar-refractivity contribution in [2.75, 3.05) is 6.54 Å². The second-order valence-corrected chi connectivity index (χ2v) is 4.76. The van der Waals surface area contributed by atoms with Gasteiger partial charge in [-0.3, -0.25) is 0 Å². The molecule has 5 nitrogen and oxygen atoms in total. The predicted octanol–water partition coefficient (Wildman–Crippen LogP) is 2.03. The van der Waals surface area contributed by atoms with Crippen molar-refractivity contribution in [1.82, 2.24) is 10.1 Å². The summed E-state index contributed by atoms with van der Waals surface area (Å²) in [5, 5.41) is 3.93. The van der Waals surface area contributed by atoms with Crippen LogP contribution in [0.2, 0.25) is 0 Å². The average Bonchev–Trinajstić information content (AvgIpc) is 3.18. The van der Waals surface area contributed by atoms with Gasteiger partial charge in [-0.05, 0) is 37.4 Å². The summed E-state index contributed by atoms with van der Waals surface area (Å²) in [6.07, 6.45) is 3.11. The lowest BCUT2D eigenvalue weighted by molar-refractivity contribution is 0.282. The van der Waals surface area contributed by atoms with Gasteiger partial charge in [0.25, 0.3) is 0 Å². The Morgan fingerprint density at radius 3 is 2.95 bits per heavy atom. The van der Waals surface area contributed by atoms with Gasteiger partial charge in [0, 0.05) is 5.92 Å². The van der Waals surface area contributed by atoms with Crippen molar-refractivity contribution in [2.45, 2.75) is 31.8 Å². The second kappa shape index (κ2) is 5.40. The zero-order valence-corrected chi connectivity index (χ0v) is 10.7. The number of nitrogens with two attached hydrogens (primary N) is 1. The standard InChI is InChI=1S/C14H17N3O2/c15-8-7-10-3-1-2-4-12(10)18-9-13-16-14(19-17-13)11-5-6-11/h1-4,11H,5-9,15H2. The lowest BCUT2D eigenvalue weighted by atomic mass is 10.1. The Bertz CT molecular complexity index is 549. The summed E-state index contributed by atoms with van der Waals surface area (Å²) in [5.41, 5.74) is 6.69. The van der Waals surface area contributed by atoms with Crippen molar-refractivity contribution < 1.29 is 9.26 Å². The van der Waals surface area contributed by atoms with Crippen LogP contribution >= 0.6 is 0 Å². The number of benzene rings is 1. The van der Waals surface area contributed by atoms with Crippen LogP contribution in [0.4, 0.5) is 0 Å². The minimum absolute atomic E-state index is 0.331. The molecule has 1 aromatic carbocycles. The van der Waals surface area contributed by atoms with Gasteiger partial charge in [-0.15, -0.1) is 0 Å². The third-order valence-electron chi connectivity index (χ3n) is 3.15. The Hall–Kier alpha value is -1.88. The summed E-state index contributed by atoms with van der Waals surface area (Å²) >= 11 is 0. The number of ether oxygens (including phenoxy) is 1. The molecule has 1 aliphatic carbocycles. The van der Waals surface area contributed by atoms with Gasteiger partial charge in [-0.25, -0.2) is 0 Å². The maximum Gasteiger partial charge on any atom is 0.229 e. The van der Waals surface area contributed by atoms with Gasteiger partial charge in [-0.2, -0.15) is 4.98 Å². The summed E-state index contributed by atoms with van der Waals surface area (Å²) in [6, 6.07) is 7.89. The normalized spacial score (nSPS) is 14.6. The van der Waals surface area contributed by atoms with Crippen LogP contribution in [0.25, 0.3) is 0 Å². The van der Waals surface area contributed by atoms with Crippen molar-refractivity contribution in [1.29, 1.82) is 0 Å². The first-order valence-corrected chi connectivity index (χ1v) is 6.60. The van der Waals surface area contributed by atoms with E-state index in [9.17, 15) is 0 Å². The monoisotopic (exact) mass is 259 g/mol. The molecule has 0 aliphatic heterocycles.